The fourth-order valence-corrected chi connectivity index (χ4v) is 1.99. The van der Waals surface area contributed by atoms with Crippen molar-refractivity contribution in [2.75, 3.05) is 11.1 Å². The van der Waals surface area contributed by atoms with Gasteiger partial charge in [-0.25, -0.2) is 9.37 Å². The Morgan fingerprint density at radius 3 is 2.68 bits per heavy atom. The van der Waals surface area contributed by atoms with Crippen molar-refractivity contribution in [1.29, 1.82) is 0 Å². The predicted octanol–water partition coefficient (Wildman–Crippen LogP) is 2.95. The van der Waals surface area contributed by atoms with Crippen molar-refractivity contribution in [3.8, 4) is 0 Å². The number of nitrogens with two attached hydrogens (primary N) is 1. The molecule has 0 aliphatic carbocycles. The Hall–Kier alpha value is -1.95. The maximum atomic E-state index is 13.4. The molecule has 2 rings (SSSR count). The van der Waals surface area contributed by atoms with E-state index in [2.05, 4.69) is 26.2 Å². The summed E-state index contributed by atoms with van der Waals surface area (Å²) >= 11 is 3.27. The molecule has 98 valence electrons. The topological polar surface area (TPSA) is 68.0 Å². The molecule has 19 heavy (non-hydrogen) atoms. The third-order valence-electron chi connectivity index (χ3n) is 2.52. The molecule has 0 bridgehead atoms. The fourth-order valence-electron chi connectivity index (χ4n) is 1.52. The number of hydrogen-bond acceptors (Lipinski definition) is 3. The molecule has 0 saturated carbocycles. The maximum Gasteiger partial charge on any atom is 0.259 e. The smallest absolute Gasteiger partial charge is 0.259 e. The molecule has 1 heterocycles. The summed E-state index contributed by atoms with van der Waals surface area (Å²) in [6.07, 6.45) is 0. The Morgan fingerprint density at radius 1 is 1.32 bits per heavy atom. The minimum atomic E-state index is -0.579. The highest BCUT2D eigenvalue weighted by atomic mass is 79.9. The van der Waals surface area contributed by atoms with Gasteiger partial charge in [0.05, 0.1) is 5.56 Å². The first kappa shape index (κ1) is 13.5. The normalized spacial score (nSPS) is 10.2. The van der Waals surface area contributed by atoms with Gasteiger partial charge in [0, 0.05) is 10.9 Å². The second-order valence-corrected chi connectivity index (χ2v) is 4.37. The SMILES string of the molecule is Nc1nc(NC(=O)c2ccccc2F)ccc1CBr. The van der Waals surface area contributed by atoms with Crippen molar-refractivity contribution in [1.82, 2.24) is 4.98 Å². The molecule has 1 amide bonds. The summed E-state index contributed by atoms with van der Waals surface area (Å²) < 4.78 is 13.4. The van der Waals surface area contributed by atoms with E-state index in [4.69, 9.17) is 5.73 Å². The van der Waals surface area contributed by atoms with E-state index in [0.29, 0.717) is 11.1 Å². The van der Waals surface area contributed by atoms with Crippen LogP contribution in [0.25, 0.3) is 0 Å². The first-order valence-electron chi connectivity index (χ1n) is 5.49. The van der Waals surface area contributed by atoms with Gasteiger partial charge in [-0.1, -0.05) is 34.1 Å². The number of halogens is 2. The average molecular weight is 324 g/mol. The van der Waals surface area contributed by atoms with Crippen LogP contribution in [0.15, 0.2) is 36.4 Å². The van der Waals surface area contributed by atoms with Gasteiger partial charge in [-0.2, -0.15) is 0 Å². The molecule has 0 fully saturated rings. The van der Waals surface area contributed by atoms with Crippen molar-refractivity contribution in [3.05, 3.63) is 53.3 Å². The first-order valence-corrected chi connectivity index (χ1v) is 6.61. The zero-order chi connectivity index (χ0) is 13.8. The average Bonchev–Trinajstić information content (AvgIpc) is 2.39. The van der Waals surface area contributed by atoms with E-state index in [0.717, 1.165) is 5.56 Å². The van der Waals surface area contributed by atoms with Crippen LogP contribution in [0.1, 0.15) is 15.9 Å². The molecule has 0 radical (unpaired) electrons. The Labute approximate surface area is 118 Å². The first-order chi connectivity index (χ1) is 9.11. The van der Waals surface area contributed by atoms with E-state index in [1.807, 2.05) is 0 Å². The lowest BCUT2D eigenvalue weighted by atomic mass is 10.2. The van der Waals surface area contributed by atoms with Gasteiger partial charge in [0.2, 0.25) is 0 Å². The zero-order valence-electron chi connectivity index (χ0n) is 9.86. The lowest BCUT2D eigenvalue weighted by Crippen LogP contribution is -2.15. The van der Waals surface area contributed by atoms with E-state index in [1.165, 1.54) is 18.2 Å². The Balaban J connectivity index is 2.20. The minimum Gasteiger partial charge on any atom is -0.383 e. The molecule has 0 atom stereocenters. The predicted molar refractivity (Wildman–Crippen MR) is 75.6 cm³/mol. The lowest BCUT2D eigenvalue weighted by Gasteiger charge is -2.07. The molecule has 4 nitrogen and oxygen atoms in total. The highest BCUT2D eigenvalue weighted by molar-refractivity contribution is 9.08. The van der Waals surface area contributed by atoms with Gasteiger partial charge in [0.1, 0.15) is 17.5 Å². The highest BCUT2D eigenvalue weighted by Crippen LogP contribution is 2.17. The molecule has 0 aliphatic heterocycles. The van der Waals surface area contributed by atoms with Crippen LogP contribution in [0.4, 0.5) is 16.0 Å². The second kappa shape index (κ2) is 5.79. The monoisotopic (exact) mass is 323 g/mol. The number of hydrogen-bond donors (Lipinski definition) is 2. The van der Waals surface area contributed by atoms with Crippen LogP contribution in [0.3, 0.4) is 0 Å². The summed E-state index contributed by atoms with van der Waals surface area (Å²) in [5, 5.41) is 3.08. The molecular formula is C13H11BrFN3O. The molecule has 0 spiro atoms. The quantitative estimate of drug-likeness (QED) is 0.853. The molecule has 6 heteroatoms. The summed E-state index contributed by atoms with van der Waals surface area (Å²) in [6.45, 7) is 0. The number of nitrogens with zero attached hydrogens (tertiary/aromatic N) is 1. The van der Waals surface area contributed by atoms with E-state index in [9.17, 15) is 9.18 Å². The molecule has 1 aromatic heterocycles. The van der Waals surface area contributed by atoms with Crippen molar-refractivity contribution in [2.45, 2.75) is 5.33 Å². The number of nitrogens with one attached hydrogen (secondary N) is 1. The number of nitrogen functional groups attached to an aromatic ring is 1. The molecule has 0 unspecified atom stereocenters. The van der Waals surface area contributed by atoms with Crippen molar-refractivity contribution in [2.24, 2.45) is 0 Å². The molecule has 0 saturated heterocycles. The molecule has 3 N–H and O–H groups in total. The van der Waals surface area contributed by atoms with Gasteiger partial charge in [0.15, 0.2) is 0 Å². The van der Waals surface area contributed by atoms with Crippen LogP contribution >= 0.6 is 15.9 Å². The third-order valence-corrected chi connectivity index (χ3v) is 3.12. The molecule has 0 aliphatic rings. The molecule has 1 aromatic carbocycles. The van der Waals surface area contributed by atoms with Crippen molar-refractivity contribution in [3.63, 3.8) is 0 Å². The molecular weight excluding hydrogens is 313 g/mol. The number of pyridine rings is 1. The Bertz CT molecular complexity index is 619. The number of carbonyl (C=O) groups excluding carboxylic acids is 1. The van der Waals surface area contributed by atoms with Crippen molar-refractivity contribution >= 4 is 33.5 Å². The standard InChI is InChI=1S/C13H11BrFN3O/c14-7-8-5-6-11(17-12(8)16)18-13(19)9-3-1-2-4-10(9)15/h1-6H,7H2,(H3,16,17,18,19). The van der Waals surface area contributed by atoms with Gasteiger partial charge in [0.25, 0.3) is 5.91 Å². The maximum absolute atomic E-state index is 13.4. The summed E-state index contributed by atoms with van der Waals surface area (Å²) in [6, 6.07) is 9.10. The lowest BCUT2D eigenvalue weighted by molar-refractivity contribution is 0.102. The van der Waals surface area contributed by atoms with Crippen LogP contribution in [0.2, 0.25) is 0 Å². The third kappa shape index (κ3) is 3.08. The summed E-state index contributed by atoms with van der Waals surface area (Å²) in [5.74, 6) is -0.527. The summed E-state index contributed by atoms with van der Waals surface area (Å²) in [4.78, 5) is 15.9. The number of anilines is 2. The number of alkyl halides is 1. The number of aromatic nitrogens is 1. The van der Waals surface area contributed by atoms with E-state index < -0.39 is 11.7 Å². The van der Waals surface area contributed by atoms with Crippen LogP contribution in [-0.2, 0) is 5.33 Å². The van der Waals surface area contributed by atoms with Gasteiger partial charge in [-0.3, -0.25) is 4.79 Å². The van der Waals surface area contributed by atoms with Crippen LogP contribution in [-0.4, -0.2) is 10.9 Å². The Morgan fingerprint density at radius 2 is 2.05 bits per heavy atom. The van der Waals surface area contributed by atoms with Crippen LogP contribution in [0.5, 0.6) is 0 Å². The van der Waals surface area contributed by atoms with E-state index in [1.54, 1.807) is 18.2 Å². The van der Waals surface area contributed by atoms with Crippen LogP contribution in [0, 0.1) is 5.82 Å². The van der Waals surface area contributed by atoms with Gasteiger partial charge in [-0.15, -0.1) is 0 Å². The van der Waals surface area contributed by atoms with Crippen molar-refractivity contribution < 1.29 is 9.18 Å². The second-order valence-electron chi connectivity index (χ2n) is 3.81. The summed E-state index contributed by atoms with van der Waals surface area (Å²) in [7, 11) is 0. The molecule has 2 aromatic rings. The number of carbonyl (C=O) groups is 1. The fraction of sp³-hybridized carbons (Fsp3) is 0.0769. The largest absolute Gasteiger partial charge is 0.383 e. The van der Waals surface area contributed by atoms with Gasteiger partial charge < -0.3 is 11.1 Å². The number of rotatable bonds is 3. The highest BCUT2D eigenvalue weighted by Gasteiger charge is 2.12. The number of amides is 1. The van der Waals surface area contributed by atoms with Crippen LogP contribution < -0.4 is 11.1 Å². The minimum absolute atomic E-state index is 0.0348. The van der Waals surface area contributed by atoms with Gasteiger partial charge >= 0.3 is 0 Å². The van der Waals surface area contributed by atoms with E-state index >= 15 is 0 Å². The summed E-state index contributed by atoms with van der Waals surface area (Å²) in [5.41, 5.74) is 6.50. The van der Waals surface area contributed by atoms with Gasteiger partial charge in [-0.05, 0) is 18.2 Å². The number of benzene rings is 1. The zero-order valence-corrected chi connectivity index (χ0v) is 11.4. The van der Waals surface area contributed by atoms with E-state index in [-0.39, 0.29) is 11.4 Å². The Kier molecular flexibility index (Phi) is 4.11.